The lowest BCUT2D eigenvalue weighted by molar-refractivity contribution is -0.120. The minimum absolute atomic E-state index is 0.0974. The topological polar surface area (TPSA) is 78.3 Å². The van der Waals surface area contributed by atoms with Crippen LogP contribution in [-0.2, 0) is 16.1 Å². The van der Waals surface area contributed by atoms with Crippen LogP contribution in [0.3, 0.4) is 0 Å². The maximum absolute atomic E-state index is 12.4. The first kappa shape index (κ1) is 19.3. The van der Waals surface area contributed by atoms with E-state index in [0.717, 1.165) is 67.5 Å². The van der Waals surface area contributed by atoms with Gasteiger partial charge in [-0.1, -0.05) is 18.2 Å². The highest BCUT2D eigenvalue weighted by Crippen LogP contribution is 2.31. The Kier molecular flexibility index (Phi) is 6.17. The molecule has 3 heterocycles. The molecule has 4 rings (SSSR count). The number of benzene rings is 1. The third kappa shape index (κ3) is 4.33. The first-order valence-electron chi connectivity index (χ1n) is 9.88. The molecule has 0 radical (unpaired) electrons. The van der Waals surface area contributed by atoms with Gasteiger partial charge < -0.3 is 14.8 Å². The van der Waals surface area contributed by atoms with Gasteiger partial charge in [-0.2, -0.15) is 0 Å². The Morgan fingerprint density at radius 2 is 2.07 bits per heavy atom. The largest absolute Gasteiger partial charge is 0.497 e. The molecule has 2 saturated heterocycles. The highest BCUT2D eigenvalue weighted by atomic mass is 32.2. The van der Waals surface area contributed by atoms with E-state index in [4.69, 9.17) is 9.47 Å². The maximum Gasteiger partial charge on any atom is 0.233 e. The molecular weight excluding hydrogens is 376 g/mol. The van der Waals surface area contributed by atoms with Crippen molar-refractivity contribution in [2.24, 2.45) is 0 Å². The minimum Gasteiger partial charge on any atom is -0.497 e. The lowest BCUT2D eigenvalue weighted by Gasteiger charge is -2.17. The second kappa shape index (κ2) is 8.96. The van der Waals surface area contributed by atoms with Crippen LogP contribution in [0.25, 0.3) is 11.4 Å². The van der Waals surface area contributed by atoms with Crippen molar-refractivity contribution in [1.29, 1.82) is 0 Å². The standard InChI is InChI=1S/C20H26N4O3S/c1-26-15-9-7-14(8-10-15)18-22-23-20(24(18)13-16-5-4-12-27-16)28-17-6-2-3-11-21-19(17)25/h7-10,16-17H,2-6,11-13H2,1H3,(H,21,25). The number of carbonyl (C=O) groups is 1. The van der Waals surface area contributed by atoms with Gasteiger partial charge in [0, 0.05) is 18.7 Å². The van der Waals surface area contributed by atoms with Gasteiger partial charge in [0.2, 0.25) is 5.91 Å². The van der Waals surface area contributed by atoms with E-state index in [0.29, 0.717) is 6.54 Å². The predicted octanol–water partition coefficient (Wildman–Crippen LogP) is 2.89. The third-order valence-electron chi connectivity index (χ3n) is 5.21. The van der Waals surface area contributed by atoms with Gasteiger partial charge in [-0.15, -0.1) is 10.2 Å². The molecule has 2 atom stereocenters. The molecule has 0 bridgehead atoms. The van der Waals surface area contributed by atoms with Crippen molar-refractivity contribution in [2.45, 2.75) is 55.2 Å². The fourth-order valence-corrected chi connectivity index (χ4v) is 4.74. The van der Waals surface area contributed by atoms with E-state index >= 15 is 0 Å². The van der Waals surface area contributed by atoms with E-state index < -0.39 is 0 Å². The van der Waals surface area contributed by atoms with Gasteiger partial charge in [0.05, 0.1) is 25.0 Å². The van der Waals surface area contributed by atoms with Gasteiger partial charge >= 0.3 is 0 Å². The molecule has 0 spiro atoms. The number of amides is 1. The van der Waals surface area contributed by atoms with Gasteiger partial charge in [-0.3, -0.25) is 9.36 Å². The lowest BCUT2D eigenvalue weighted by atomic mass is 10.2. The molecule has 2 fully saturated rings. The maximum atomic E-state index is 12.4. The van der Waals surface area contributed by atoms with Crippen LogP contribution in [0.4, 0.5) is 0 Å². The summed E-state index contributed by atoms with van der Waals surface area (Å²) in [7, 11) is 1.65. The molecule has 2 aromatic rings. The average molecular weight is 403 g/mol. The summed E-state index contributed by atoms with van der Waals surface area (Å²) in [6.45, 7) is 2.26. The van der Waals surface area contributed by atoms with E-state index in [1.165, 1.54) is 11.8 Å². The van der Waals surface area contributed by atoms with E-state index in [1.54, 1.807) is 7.11 Å². The molecule has 1 aromatic carbocycles. The van der Waals surface area contributed by atoms with Gasteiger partial charge in [0.15, 0.2) is 11.0 Å². The van der Waals surface area contributed by atoms with Crippen LogP contribution in [0.15, 0.2) is 29.4 Å². The number of hydrogen-bond acceptors (Lipinski definition) is 6. The van der Waals surface area contributed by atoms with Crippen LogP contribution >= 0.6 is 11.8 Å². The van der Waals surface area contributed by atoms with Crippen LogP contribution in [-0.4, -0.2) is 52.3 Å². The van der Waals surface area contributed by atoms with Crippen molar-refractivity contribution >= 4 is 17.7 Å². The molecule has 0 saturated carbocycles. The number of ether oxygens (including phenoxy) is 2. The number of thioether (sulfide) groups is 1. The molecule has 7 nitrogen and oxygen atoms in total. The second-order valence-electron chi connectivity index (χ2n) is 7.17. The van der Waals surface area contributed by atoms with Gasteiger partial charge in [-0.25, -0.2) is 0 Å². The smallest absolute Gasteiger partial charge is 0.233 e. The summed E-state index contributed by atoms with van der Waals surface area (Å²) in [6, 6.07) is 7.82. The van der Waals surface area contributed by atoms with Crippen LogP contribution in [0.5, 0.6) is 5.75 Å². The van der Waals surface area contributed by atoms with Crippen LogP contribution in [0.1, 0.15) is 32.1 Å². The Bertz CT molecular complexity index is 802. The molecule has 2 unspecified atom stereocenters. The van der Waals surface area contributed by atoms with Crippen molar-refractivity contribution in [3.8, 4) is 17.1 Å². The summed E-state index contributed by atoms with van der Waals surface area (Å²) in [5, 5.41) is 12.6. The Hall–Kier alpha value is -2.06. The first-order valence-corrected chi connectivity index (χ1v) is 10.8. The van der Waals surface area contributed by atoms with Crippen LogP contribution in [0, 0.1) is 0 Å². The fourth-order valence-electron chi connectivity index (χ4n) is 3.64. The zero-order valence-corrected chi connectivity index (χ0v) is 16.9. The number of hydrogen-bond donors (Lipinski definition) is 1. The van der Waals surface area contributed by atoms with E-state index in [1.807, 2.05) is 24.3 Å². The quantitative estimate of drug-likeness (QED) is 0.801. The SMILES string of the molecule is COc1ccc(-c2nnc(SC3CCCCNC3=O)n2CC2CCCO2)cc1. The summed E-state index contributed by atoms with van der Waals surface area (Å²) in [5.74, 6) is 1.70. The molecule has 8 heteroatoms. The van der Waals surface area contributed by atoms with Crippen LogP contribution in [0.2, 0.25) is 0 Å². The first-order chi connectivity index (χ1) is 13.7. The lowest BCUT2D eigenvalue weighted by Crippen LogP contribution is -2.31. The Labute approximate surface area is 169 Å². The molecule has 1 amide bonds. The number of aromatic nitrogens is 3. The van der Waals surface area contributed by atoms with E-state index in [-0.39, 0.29) is 17.3 Å². The monoisotopic (exact) mass is 402 g/mol. The van der Waals surface area contributed by atoms with Crippen molar-refractivity contribution in [2.75, 3.05) is 20.3 Å². The highest BCUT2D eigenvalue weighted by Gasteiger charge is 2.27. The molecule has 1 aromatic heterocycles. The number of methoxy groups -OCH3 is 1. The summed E-state index contributed by atoms with van der Waals surface area (Å²) in [4.78, 5) is 12.4. The van der Waals surface area contributed by atoms with Crippen molar-refractivity contribution < 1.29 is 14.3 Å². The molecule has 2 aliphatic heterocycles. The van der Waals surface area contributed by atoms with Gasteiger partial charge in [-0.05, 0) is 49.9 Å². The number of nitrogens with zero attached hydrogens (tertiary/aromatic N) is 3. The van der Waals surface area contributed by atoms with Crippen molar-refractivity contribution in [3.63, 3.8) is 0 Å². The minimum atomic E-state index is -0.126. The van der Waals surface area contributed by atoms with Gasteiger partial charge in [0.1, 0.15) is 5.75 Å². The second-order valence-corrected chi connectivity index (χ2v) is 8.34. The highest BCUT2D eigenvalue weighted by molar-refractivity contribution is 8.00. The van der Waals surface area contributed by atoms with Gasteiger partial charge in [0.25, 0.3) is 0 Å². The zero-order chi connectivity index (χ0) is 19.3. The summed E-state index contributed by atoms with van der Waals surface area (Å²) in [6.07, 6.45) is 5.22. The molecule has 0 aliphatic carbocycles. The van der Waals surface area contributed by atoms with E-state index in [9.17, 15) is 4.79 Å². The summed E-state index contributed by atoms with van der Waals surface area (Å²) >= 11 is 1.52. The predicted molar refractivity (Wildman–Crippen MR) is 107 cm³/mol. The third-order valence-corrected chi connectivity index (χ3v) is 6.45. The Morgan fingerprint density at radius 1 is 1.21 bits per heavy atom. The van der Waals surface area contributed by atoms with Crippen LogP contribution < -0.4 is 10.1 Å². The average Bonchev–Trinajstić information content (AvgIpc) is 3.32. The molecular formula is C20H26N4O3S. The van der Waals surface area contributed by atoms with Crippen molar-refractivity contribution in [1.82, 2.24) is 20.1 Å². The fraction of sp³-hybridized carbons (Fsp3) is 0.550. The molecule has 150 valence electrons. The summed E-state index contributed by atoms with van der Waals surface area (Å²) < 4.78 is 13.2. The Morgan fingerprint density at radius 3 is 2.82 bits per heavy atom. The molecule has 2 aliphatic rings. The number of nitrogens with one attached hydrogen (secondary N) is 1. The normalized spacial score (nSPS) is 22.7. The number of rotatable bonds is 6. The summed E-state index contributed by atoms with van der Waals surface area (Å²) in [5.41, 5.74) is 0.975. The zero-order valence-electron chi connectivity index (χ0n) is 16.1. The van der Waals surface area contributed by atoms with Crippen molar-refractivity contribution in [3.05, 3.63) is 24.3 Å². The number of carbonyl (C=O) groups excluding carboxylic acids is 1. The molecule has 1 N–H and O–H groups in total. The molecule has 28 heavy (non-hydrogen) atoms. The van der Waals surface area contributed by atoms with E-state index in [2.05, 4.69) is 20.1 Å². The Balaban J connectivity index is 1.62.